The molecule has 0 atom stereocenters. The van der Waals surface area contributed by atoms with Crippen molar-refractivity contribution in [3.8, 4) is 11.5 Å². The Bertz CT molecular complexity index is 894. The van der Waals surface area contributed by atoms with Crippen LogP contribution in [0.25, 0.3) is 0 Å². The molecule has 0 saturated heterocycles. The third kappa shape index (κ3) is 4.71. The molecule has 0 radical (unpaired) electrons. The molecule has 0 aliphatic rings. The van der Waals surface area contributed by atoms with Crippen molar-refractivity contribution >= 4 is 5.91 Å². The fourth-order valence-corrected chi connectivity index (χ4v) is 3.19. The molecule has 0 spiro atoms. The predicted molar refractivity (Wildman–Crippen MR) is 111 cm³/mol. The average molecular weight is 375 g/mol. The van der Waals surface area contributed by atoms with E-state index in [4.69, 9.17) is 9.47 Å². The Hall–Kier alpha value is -3.27. The van der Waals surface area contributed by atoms with E-state index in [0.717, 1.165) is 12.0 Å². The summed E-state index contributed by atoms with van der Waals surface area (Å²) in [5.74, 6) is 0.944. The number of hydrogen-bond donors (Lipinski definition) is 0. The van der Waals surface area contributed by atoms with Crippen molar-refractivity contribution in [1.29, 1.82) is 0 Å². The van der Waals surface area contributed by atoms with E-state index in [9.17, 15) is 4.79 Å². The summed E-state index contributed by atoms with van der Waals surface area (Å²) < 4.78 is 10.8. The number of benzene rings is 3. The lowest BCUT2D eigenvalue weighted by atomic mass is 10.1. The van der Waals surface area contributed by atoms with E-state index in [0.29, 0.717) is 30.2 Å². The first kappa shape index (κ1) is 19.5. The van der Waals surface area contributed by atoms with Gasteiger partial charge in [0.15, 0.2) is 11.5 Å². The molecule has 0 fully saturated rings. The summed E-state index contributed by atoms with van der Waals surface area (Å²) in [5, 5.41) is 0. The van der Waals surface area contributed by atoms with Crippen LogP contribution in [0.1, 0.15) is 21.5 Å². The van der Waals surface area contributed by atoms with E-state index in [1.165, 1.54) is 5.56 Å². The van der Waals surface area contributed by atoms with Gasteiger partial charge in [-0.15, -0.1) is 0 Å². The van der Waals surface area contributed by atoms with Crippen molar-refractivity contribution in [2.24, 2.45) is 0 Å². The van der Waals surface area contributed by atoms with Gasteiger partial charge in [-0.25, -0.2) is 0 Å². The lowest BCUT2D eigenvalue weighted by Gasteiger charge is -2.24. The van der Waals surface area contributed by atoms with Crippen molar-refractivity contribution in [3.63, 3.8) is 0 Å². The second kappa shape index (κ2) is 9.60. The van der Waals surface area contributed by atoms with Crippen LogP contribution < -0.4 is 9.47 Å². The summed E-state index contributed by atoms with van der Waals surface area (Å²) in [5.41, 5.74) is 2.79. The molecular weight excluding hydrogens is 350 g/mol. The van der Waals surface area contributed by atoms with Crippen LogP contribution in [0, 0.1) is 0 Å². The van der Waals surface area contributed by atoms with Crippen LogP contribution in [0.4, 0.5) is 0 Å². The second-order valence-electron chi connectivity index (χ2n) is 6.49. The van der Waals surface area contributed by atoms with Crippen LogP contribution in [-0.2, 0) is 13.0 Å². The summed E-state index contributed by atoms with van der Waals surface area (Å²) in [6.45, 7) is 1.14. The summed E-state index contributed by atoms with van der Waals surface area (Å²) in [6.07, 6.45) is 0.783. The third-order valence-corrected chi connectivity index (χ3v) is 4.65. The Morgan fingerprint density at radius 2 is 1.43 bits per heavy atom. The first-order valence-electron chi connectivity index (χ1n) is 9.31. The van der Waals surface area contributed by atoms with Crippen molar-refractivity contribution in [3.05, 3.63) is 95.6 Å². The van der Waals surface area contributed by atoms with E-state index in [-0.39, 0.29) is 5.91 Å². The Morgan fingerprint density at radius 3 is 2.04 bits per heavy atom. The fourth-order valence-electron chi connectivity index (χ4n) is 3.19. The quantitative estimate of drug-likeness (QED) is 0.578. The molecule has 0 saturated carbocycles. The van der Waals surface area contributed by atoms with Crippen molar-refractivity contribution in [1.82, 2.24) is 4.90 Å². The highest BCUT2D eigenvalue weighted by Gasteiger charge is 2.22. The summed E-state index contributed by atoms with van der Waals surface area (Å²) in [6, 6.07) is 25.6. The van der Waals surface area contributed by atoms with Crippen LogP contribution in [0.15, 0.2) is 78.9 Å². The second-order valence-corrected chi connectivity index (χ2v) is 6.49. The van der Waals surface area contributed by atoms with Gasteiger partial charge in [0.25, 0.3) is 5.91 Å². The zero-order chi connectivity index (χ0) is 19.8. The Morgan fingerprint density at radius 1 is 0.786 bits per heavy atom. The number of methoxy groups -OCH3 is 2. The number of para-hydroxylation sites is 1. The van der Waals surface area contributed by atoms with Gasteiger partial charge in [0.05, 0.1) is 19.8 Å². The molecule has 0 unspecified atom stereocenters. The van der Waals surface area contributed by atoms with Gasteiger partial charge >= 0.3 is 0 Å². The van der Waals surface area contributed by atoms with Gasteiger partial charge in [0.1, 0.15) is 0 Å². The highest BCUT2D eigenvalue weighted by molar-refractivity contribution is 5.97. The van der Waals surface area contributed by atoms with Crippen LogP contribution in [0.3, 0.4) is 0 Å². The molecule has 0 bridgehead atoms. The summed E-state index contributed by atoms with van der Waals surface area (Å²) in [7, 11) is 3.13. The monoisotopic (exact) mass is 375 g/mol. The maximum Gasteiger partial charge on any atom is 0.258 e. The first-order chi connectivity index (χ1) is 13.7. The van der Waals surface area contributed by atoms with Gasteiger partial charge in [0, 0.05) is 13.1 Å². The molecule has 0 aliphatic carbocycles. The minimum atomic E-state index is -0.0736. The first-order valence-corrected chi connectivity index (χ1v) is 9.31. The van der Waals surface area contributed by atoms with Gasteiger partial charge in [-0.1, -0.05) is 66.7 Å². The normalized spacial score (nSPS) is 10.4. The topological polar surface area (TPSA) is 38.8 Å². The molecule has 4 heteroatoms. The highest BCUT2D eigenvalue weighted by Crippen LogP contribution is 2.31. The predicted octanol–water partition coefficient (Wildman–Crippen LogP) is 4.59. The molecule has 0 heterocycles. The van der Waals surface area contributed by atoms with E-state index in [1.54, 1.807) is 26.4 Å². The molecule has 4 nitrogen and oxygen atoms in total. The Kier molecular flexibility index (Phi) is 6.68. The highest BCUT2D eigenvalue weighted by atomic mass is 16.5. The maximum absolute atomic E-state index is 13.4. The number of carbonyl (C=O) groups is 1. The fraction of sp³-hybridized carbons (Fsp3) is 0.208. The third-order valence-electron chi connectivity index (χ3n) is 4.65. The minimum absolute atomic E-state index is 0.0736. The zero-order valence-corrected chi connectivity index (χ0v) is 16.3. The number of rotatable bonds is 8. The van der Waals surface area contributed by atoms with Gasteiger partial charge in [-0.05, 0) is 29.7 Å². The Labute approximate surface area is 166 Å². The molecule has 0 aliphatic heterocycles. The number of amides is 1. The number of nitrogens with zero attached hydrogens (tertiary/aromatic N) is 1. The molecule has 0 N–H and O–H groups in total. The smallest absolute Gasteiger partial charge is 0.258 e. The van der Waals surface area contributed by atoms with Gasteiger partial charge in [0.2, 0.25) is 0 Å². The molecule has 3 aromatic rings. The molecule has 3 aromatic carbocycles. The largest absolute Gasteiger partial charge is 0.493 e. The van der Waals surface area contributed by atoms with E-state index in [2.05, 4.69) is 12.1 Å². The standard InChI is InChI=1S/C24H25NO3/c1-27-22-15-9-14-21(23(22)28-2)24(26)25(18-20-12-7-4-8-13-20)17-16-19-10-5-3-6-11-19/h3-15H,16-18H2,1-2H3. The SMILES string of the molecule is COc1cccc(C(=O)N(CCc2ccccc2)Cc2ccccc2)c1OC. The van der Waals surface area contributed by atoms with Gasteiger partial charge in [-0.3, -0.25) is 4.79 Å². The Balaban J connectivity index is 1.88. The van der Waals surface area contributed by atoms with Crippen LogP contribution in [0.2, 0.25) is 0 Å². The van der Waals surface area contributed by atoms with Gasteiger partial charge in [-0.2, -0.15) is 0 Å². The van der Waals surface area contributed by atoms with E-state index >= 15 is 0 Å². The van der Waals surface area contributed by atoms with E-state index in [1.807, 2.05) is 59.5 Å². The van der Waals surface area contributed by atoms with E-state index < -0.39 is 0 Å². The molecule has 0 aromatic heterocycles. The number of carbonyl (C=O) groups excluding carboxylic acids is 1. The van der Waals surface area contributed by atoms with Crippen LogP contribution >= 0.6 is 0 Å². The summed E-state index contributed by atoms with van der Waals surface area (Å²) >= 11 is 0. The van der Waals surface area contributed by atoms with Gasteiger partial charge < -0.3 is 14.4 Å². The lowest BCUT2D eigenvalue weighted by Crippen LogP contribution is -2.32. The lowest BCUT2D eigenvalue weighted by molar-refractivity contribution is 0.0741. The zero-order valence-electron chi connectivity index (χ0n) is 16.3. The molecule has 28 heavy (non-hydrogen) atoms. The molecule has 3 rings (SSSR count). The van der Waals surface area contributed by atoms with Crippen molar-refractivity contribution in [2.75, 3.05) is 20.8 Å². The van der Waals surface area contributed by atoms with Crippen LogP contribution in [0.5, 0.6) is 11.5 Å². The van der Waals surface area contributed by atoms with Crippen molar-refractivity contribution in [2.45, 2.75) is 13.0 Å². The van der Waals surface area contributed by atoms with Crippen LogP contribution in [-0.4, -0.2) is 31.6 Å². The average Bonchev–Trinajstić information content (AvgIpc) is 2.76. The molecule has 144 valence electrons. The molecule has 1 amide bonds. The number of ether oxygens (including phenoxy) is 2. The van der Waals surface area contributed by atoms with Crippen molar-refractivity contribution < 1.29 is 14.3 Å². The summed E-state index contributed by atoms with van der Waals surface area (Å²) in [4.78, 5) is 15.3. The molecular formula is C24H25NO3. The minimum Gasteiger partial charge on any atom is -0.493 e. The number of hydrogen-bond acceptors (Lipinski definition) is 3. The maximum atomic E-state index is 13.4.